The summed E-state index contributed by atoms with van der Waals surface area (Å²) in [5.41, 5.74) is 8.14. The number of hydrogen-bond acceptors (Lipinski definition) is 4. The third-order valence-electron chi connectivity index (χ3n) is 4.07. The second kappa shape index (κ2) is 5.96. The van der Waals surface area contributed by atoms with E-state index in [1.165, 1.54) is 5.56 Å². The number of fused-ring (bicyclic) bond motifs is 1. The van der Waals surface area contributed by atoms with Gasteiger partial charge < -0.3 is 16.0 Å². The van der Waals surface area contributed by atoms with E-state index in [1.54, 1.807) is 0 Å². The Morgan fingerprint density at radius 2 is 2.05 bits per heavy atom. The molecule has 1 aromatic rings. The van der Waals surface area contributed by atoms with Gasteiger partial charge >= 0.3 is 5.97 Å². The SMILES string of the molecule is CC(C)(C)C(C(=O)O)N1CCc2ccc(/C(N)=N\O)cc2C1. The number of benzene rings is 1. The molecule has 120 valence electrons. The number of rotatable bonds is 3. The van der Waals surface area contributed by atoms with Crippen molar-refractivity contribution in [2.45, 2.75) is 39.8 Å². The maximum Gasteiger partial charge on any atom is 0.321 e. The van der Waals surface area contributed by atoms with Crippen molar-refractivity contribution >= 4 is 11.8 Å². The largest absolute Gasteiger partial charge is 0.480 e. The zero-order chi connectivity index (χ0) is 16.5. The highest BCUT2D eigenvalue weighted by Crippen LogP contribution is 2.30. The molecule has 2 rings (SSSR count). The molecule has 0 saturated carbocycles. The molecule has 0 aromatic heterocycles. The van der Waals surface area contributed by atoms with E-state index in [1.807, 2.05) is 43.9 Å². The van der Waals surface area contributed by atoms with Crippen molar-refractivity contribution in [2.75, 3.05) is 6.54 Å². The minimum Gasteiger partial charge on any atom is -0.480 e. The molecule has 6 nitrogen and oxygen atoms in total. The third kappa shape index (κ3) is 3.22. The third-order valence-corrected chi connectivity index (χ3v) is 4.07. The fraction of sp³-hybridized carbons (Fsp3) is 0.500. The molecule has 0 amide bonds. The molecule has 1 heterocycles. The Balaban J connectivity index is 2.31. The summed E-state index contributed by atoms with van der Waals surface area (Å²) < 4.78 is 0. The van der Waals surface area contributed by atoms with Crippen molar-refractivity contribution in [3.63, 3.8) is 0 Å². The lowest BCUT2D eigenvalue weighted by molar-refractivity contribution is -0.148. The predicted molar refractivity (Wildman–Crippen MR) is 83.9 cm³/mol. The fourth-order valence-electron chi connectivity index (χ4n) is 3.09. The summed E-state index contributed by atoms with van der Waals surface area (Å²) in [4.78, 5) is 13.7. The van der Waals surface area contributed by atoms with Crippen LogP contribution in [-0.2, 0) is 17.8 Å². The molecule has 6 heteroatoms. The number of hydrogen-bond donors (Lipinski definition) is 3. The molecule has 22 heavy (non-hydrogen) atoms. The normalized spacial score (nSPS) is 17.9. The number of nitrogens with two attached hydrogens (primary N) is 1. The first-order chi connectivity index (χ1) is 10.2. The summed E-state index contributed by atoms with van der Waals surface area (Å²) in [5.74, 6) is -0.742. The molecule has 1 aromatic carbocycles. The van der Waals surface area contributed by atoms with Gasteiger partial charge in [-0.25, -0.2) is 0 Å². The Morgan fingerprint density at radius 3 is 2.59 bits per heavy atom. The molecular weight excluding hydrogens is 282 g/mol. The second-order valence-electron chi connectivity index (χ2n) is 6.80. The van der Waals surface area contributed by atoms with Gasteiger partial charge in [-0.2, -0.15) is 0 Å². The maximum atomic E-state index is 11.7. The summed E-state index contributed by atoms with van der Waals surface area (Å²) in [7, 11) is 0. The van der Waals surface area contributed by atoms with Crippen LogP contribution in [-0.4, -0.2) is 39.6 Å². The van der Waals surface area contributed by atoms with Gasteiger partial charge in [-0.3, -0.25) is 9.69 Å². The second-order valence-corrected chi connectivity index (χ2v) is 6.80. The van der Waals surface area contributed by atoms with E-state index in [0.29, 0.717) is 18.7 Å². The van der Waals surface area contributed by atoms with Crippen LogP contribution in [0.15, 0.2) is 23.4 Å². The summed E-state index contributed by atoms with van der Waals surface area (Å²) >= 11 is 0. The van der Waals surface area contributed by atoms with Gasteiger partial charge in [0.25, 0.3) is 0 Å². The van der Waals surface area contributed by atoms with Gasteiger partial charge in [-0.15, -0.1) is 0 Å². The highest BCUT2D eigenvalue weighted by atomic mass is 16.4. The Hall–Kier alpha value is -2.08. The monoisotopic (exact) mass is 305 g/mol. The summed E-state index contributed by atoms with van der Waals surface area (Å²) in [6, 6.07) is 5.11. The highest BCUT2D eigenvalue weighted by Gasteiger charge is 2.37. The van der Waals surface area contributed by atoms with Crippen LogP contribution < -0.4 is 5.73 Å². The van der Waals surface area contributed by atoms with Gasteiger partial charge in [-0.1, -0.05) is 38.1 Å². The number of carboxylic acid groups (broad SMARTS) is 1. The molecular formula is C16H23N3O3. The lowest BCUT2D eigenvalue weighted by Gasteiger charge is -2.40. The van der Waals surface area contributed by atoms with Crippen molar-refractivity contribution in [3.8, 4) is 0 Å². The van der Waals surface area contributed by atoms with Gasteiger partial charge in [0, 0.05) is 18.7 Å². The van der Waals surface area contributed by atoms with Crippen LogP contribution in [0.4, 0.5) is 0 Å². The highest BCUT2D eigenvalue weighted by molar-refractivity contribution is 5.97. The van der Waals surface area contributed by atoms with Crippen LogP contribution in [0.25, 0.3) is 0 Å². The lowest BCUT2D eigenvalue weighted by atomic mass is 9.84. The fourth-order valence-corrected chi connectivity index (χ4v) is 3.09. The molecule has 4 N–H and O–H groups in total. The van der Waals surface area contributed by atoms with E-state index < -0.39 is 12.0 Å². The van der Waals surface area contributed by atoms with Crippen molar-refractivity contribution < 1.29 is 15.1 Å². The standard InChI is InChI=1S/C16H23N3O3/c1-16(2,3)13(15(20)21)19-7-6-10-4-5-11(14(17)18-22)8-12(10)9-19/h4-5,8,13,22H,6-7,9H2,1-3H3,(H2,17,18)(H,20,21). The minimum atomic E-state index is -0.802. The zero-order valence-corrected chi connectivity index (χ0v) is 13.2. The molecule has 1 aliphatic rings. The minimum absolute atomic E-state index is 0.0607. The van der Waals surface area contributed by atoms with E-state index in [2.05, 4.69) is 5.16 Å². The number of nitrogens with zero attached hydrogens (tertiary/aromatic N) is 2. The van der Waals surface area contributed by atoms with Gasteiger partial charge in [0.05, 0.1) is 0 Å². The zero-order valence-electron chi connectivity index (χ0n) is 13.2. The molecule has 1 aliphatic heterocycles. The average molecular weight is 305 g/mol. The lowest BCUT2D eigenvalue weighted by Crippen LogP contribution is -2.51. The Labute approximate surface area is 130 Å². The van der Waals surface area contributed by atoms with Crippen LogP contribution in [0.3, 0.4) is 0 Å². The summed E-state index contributed by atoms with van der Waals surface area (Å²) in [6.45, 7) is 7.08. The van der Waals surface area contributed by atoms with Gasteiger partial charge in [-0.05, 0) is 29.0 Å². The van der Waals surface area contributed by atoms with E-state index >= 15 is 0 Å². The van der Waals surface area contributed by atoms with Crippen molar-refractivity contribution in [1.29, 1.82) is 0 Å². The van der Waals surface area contributed by atoms with E-state index in [-0.39, 0.29) is 11.3 Å². The Kier molecular flexibility index (Phi) is 4.42. The van der Waals surface area contributed by atoms with Crippen molar-refractivity contribution in [1.82, 2.24) is 4.90 Å². The number of oxime groups is 1. The first kappa shape index (κ1) is 16.3. The number of aliphatic carboxylic acids is 1. The molecule has 0 radical (unpaired) electrons. The molecule has 1 atom stereocenters. The van der Waals surface area contributed by atoms with Crippen molar-refractivity contribution in [3.05, 3.63) is 34.9 Å². The molecule has 0 saturated heterocycles. The molecule has 1 unspecified atom stereocenters. The van der Waals surface area contributed by atoms with Gasteiger partial charge in [0.2, 0.25) is 0 Å². The van der Waals surface area contributed by atoms with Crippen LogP contribution >= 0.6 is 0 Å². The Bertz CT molecular complexity index is 605. The predicted octanol–water partition coefficient (Wildman–Crippen LogP) is 1.64. The number of amidine groups is 1. The average Bonchev–Trinajstić information content (AvgIpc) is 2.43. The molecule has 0 spiro atoms. The number of carboxylic acids is 1. The molecule has 0 fully saturated rings. The van der Waals surface area contributed by atoms with Crippen LogP contribution in [0.5, 0.6) is 0 Å². The van der Waals surface area contributed by atoms with Crippen LogP contribution in [0.1, 0.15) is 37.5 Å². The first-order valence-electron chi connectivity index (χ1n) is 7.30. The molecule has 0 bridgehead atoms. The smallest absolute Gasteiger partial charge is 0.321 e. The quantitative estimate of drug-likeness (QED) is 0.341. The van der Waals surface area contributed by atoms with Crippen LogP contribution in [0.2, 0.25) is 0 Å². The number of carbonyl (C=O) groups is 1. The van der Waals surface area contributed by atoms with E-state index in [0.717, 1.165) is 12.0 Å². The molecule has 0 aliphatic carbocycles. The summed E-state index contributed by atoms with van der Waals surface area (Å²) in [6.07, 6.45) is 0.797. The van der Waals surface area contributed by atoms with Crippen LogP contribution in [0, 0.1) is 5.41 Å². The first-order valence-corrected chi connectivity index (χ1v) is 7.30. The topological polar surface area (TPSA) is 99.2 Å². The van der Waals surface area contributed by atoms with E-state index in [4.69, 9.17) is 10.9 Å². The van der Waals surface area contributed by atoms with Gasteiger partial charge in [0.1, 0.15) is 6.04 Å². The summed E-state index contributed by atoms with van der Waals surface area (Å²) in [5, 5.41) is 21.4. The Morgan fingerprint density at radius 1 is 1.36 bits per heavy atom. The maximum absolute atomic E-state index is 11.7. The van der Waals surface area contributed by atoms with Gasteiger partial charge in [0.15, 0.2) is 5.84 Å². The van der Waals surface area contributed by atoms with Crippen molar-refractivity contribution in [2.24, 2.45) is 16.3 Å². The van der Waals surface area contributed by atoms with E-state index in [9.17, 15) is 9.90 Å².